The van der Waals surface area contributed by atoms with Crippen molar-refractivity contribution in [2.75, 3.05) is 32.9 Å². The lowest BCUT2D eigenvalue weighted by atomic mass is 10.1. The molecule has 0 atom stereocenters. The molecule has 0 saturated carbocycles. The molecule has 7 heteroatoms. The molecule has 2 aromatic carbocycles. The fourth-order valence-electron chi connectivity index (χ4n) is 4.09. The number of morpholine rings is 1. The van der Waals surface area contributed by atoms with E-state index in [4.69, 9.17) is 4.74 Å². The summed E-state index contributed by atoms with van der Waals surface area (Å²) in [5.74, 6) is 0.516. The fourth-order valence-corrected chi connectivity index (χ4v) is 4.09. The molecule has 4 aromatic rings. The standard InChI is InChI=1S/C25H24N4O3/c30-11-8-20-17-29(25-26-15-21(16-27-25)18-4-2-1-3-5-18)23-14-19(6-7-22(20)23)24(31)28-9-12-32-13-10-28/h1-7,14-17,30H,8-13H2. The van der Waals surface area contributed by atoms with E-state index in [0.717, 1.165) is 27.6 Å². The molecule has 32 heavy (non-hydrogen) atoms. The first kappa shape index (κ1) is 20.4. The van der Waals surface area contributed by atoms with E-state index in [2.05, 4.69) is 9.97 Å². The first-order valence-corrected chi connectivity index (χ1v) is 10.7. The largest absolute Gasteiger partial charge is 0.396 e. The lowest BCUT2D eigenvalue weighted by molar-refractivity contribution is 0.0303. The van der Waals surface area contributed by atoms with Crippen LogP contribution < -0.4 is 0 Å². The van der Waals surface area contributed by atoms with Crippen molar-refractivity contribution >= 4 is 16.8 Å². The Hall–Kier alpha value is -3.55. The molecule has 0 bridgehead atoms. The van der Waals surface area contributed by atoms with E-state index < -0.39 is 0 Å². The number of hydrogen-bond acceptors (Lipinski definition) is 5. The Balaban J connectivity index is 1.54. The first-order chi connectivity index (χ1) is 15.7. The lowest BCUT2D eigenvalue weighted by Crippen LogP contribution is -2.40. The van der Waals surface area contributed by atoms with Crippen LogP contribution in [0.1, 0.15) is 15.9 Å². The maximum atomic E-state index is 13.0. The molecule has 0 unspecified atom stereocenters. The van der Waals surface area contributed by atoms with Crippen molar-refractivity contribution < 1.29 is 14.6 Å². The van der Waals surface area contributed by atoms with Crippen LogP contribution in [0.5, 0.6) is 0 Å². The van der Waals surface area contributed by atoms with Crippen LogP contribution in [-0.4, -0.2) is 63.4 Å². The average Bonchev–Trinajstić information content (AvgIpc) is 3.22. The Labute approximate surface area is 185 Å². The van der Waals surface area contributed by atoms with E-state index >= 15 is 0 Å². The third-order valence-electron chi connectivity index (χ3n) is 5.78. The number of benzene rings is 2. The van der Waals surface area contributed by atoms with Crippen LogP contribution in [0.4, 0.5) is 0 Å². The highest BCUT2D eigenvalue weighted by molar-refractivity contribution is 5.99. The van der Waals surface area contributed by atoms with Crippen LogP contribution in [0.25, 0.3) is 28.0 Å². The summed E-state index contributed by atoms with van der Waals surface area (Å²) in [6.45, 7) is 2.36. The summed E-state index contributed by atoms with van der Waals surface area (Å²) in [4.78, 5) is 24.0. The molecule has 1 saturated heterocycles. The second-order valence-corrected chi connectivity index (χ2v) is 7.77. The molecule has 3 heterocycles. The summed E-state index contributed by atoms with van der Waals surface area (Å²) in [6.07, 6.45) is 6.07. The molecule has 0 radical (unpaired) electrons. The fraction of sp³-hybridized carbons (Fsp3) is 0.240. The normalized spacial score (nSPS) is 14.1. The maximum absolute atomic E-state index is 13.0. The molecule has 1 amide bonds. The number of carbonyl (C=O) groups excluding carboxylic acids is 1. The van der Waals surface area contributed by atoms with Crippen molar-refractivity contribution in [3.05, 3.63) is 78.2 Å². The zero-order chi connectivity index (χ0) is 21.9. The number of ether oxygens (including phenoxy) is 1. The van der Waals surface area contributed by atoms with Gasteiger partial charge in [0.15, 0.2) is 0 Å². The van der Waals surface area contributed by atoms with E-state index in [9.17, 15) is 9.90 Å². The van der Waals surface area contributed by atoms with E-state index in [0.29, 0.717) is 44.2 Å². The molecule has 7 nitrogen and oxygen atoms in total. The number of carbonyl (C=O) groups is 1. The quantitative estimate of drug-likeness (QED) is 0.528. The van der Waals surface area contributed by atoms with Crippen molar-refractivity contribution in [3.63, 3.8) is 0 Å². The van der Waals surface area contributed by atoms with Gasteiger partial charge in [-0.1, -0.05) is 36.4 Å². The summed E-state index contributed by atoms with van der Waals surface area (Å²) >= 11 is 0. The van der Waals surface area contributed by atoms with Crippen LogP contribution in [-0.2, 0) is 11.2 Å². The van der Waals surface area contributed by atoms with Crippen molar-refractivity contribution in [3.8, 4) is 17.1 Å². The molecule has 1 N–H and O–H groups in total. The molecular weight excluding hydrogens is 404 g/mol. The Morgan fingerprint density at radius 2 is 1.75 bits per heavy atom. The number of rotatable bonds is 5. The van der Waals surface area contributed by atoms with E-state index in [-0.39, 0.29) is 12.5 Å². The second kappa shape index (κ2) is 8.90. The van der Waals surface area contributed by atoms with Crippen molar-refractivity contribution in [2.24, 2.45) is 0 Å². The Bertz CT molecular complexity index is 1230. The summed E-state index contributed by atoms with van der Waals surface area (Å²) < 4.78 is 7.26. The number of fused-ring (bicyclic) bond motifs is 1. The summed E-state index contributed by atoms with van der Waals surface area (Å²) in [5, 5.41) is 10.5. The Morgan fingerprint density at radius 1 is 1.00 bits per heavy atom. The van der Waals surface area contributed by atoms with Gasteiger partial charge in [0.2, 0.25) is 5.95 Å². The van der Waals surface area contributed by atoms with Gasteiger partial charge in [0.1, 0.15) is 0 Å². The van der Waals surface area contributed by atoms with Gasteiger partial charge in [-0.25, -0.2) is 9.97 Å². The van der Waals surface area contributed by atoms with Crippen LogP contribution in [0.2, 0.25) is 0 Å². The number of aliphatic hydroxyl groups is 1. The molecule has 0 aliphatic carbocycles. The van der Waals surface area contributed by atoms with E-state index in [1.54, 1.807) is 12.4 Å². The highest BCUT2D eigenvalue weighted by Crippen LogP contribution is 2.27. The highest BCUT2D eigenvalue weighted by atomic mass is 16.5. The minimum atomic E-state index is -0.00741. The van der Waals surface area contributed by atoms with Crippen molar-refractivity contribution in [2.45, 2.75) is 6.42 Å². The van der Waals surface area contributed by atoms with E-state index in [1.165, 1.54) is 0 Å². The molecule has 2 aromatic heterocycles. The molecular formula is C25H24N4O3. The number of hydrogen-bond donors (Lipinski definition) is 1. The Morgan fingerprint density at radius 3 is 2.47 bits per heavy atom. The average molecular weight is 428 g/mol. The Kier molecular flexibility index (Phi) is 5.66. The monoisotopic (exact) mass is 428 g/mol. The second-order valence-electron chi connectivity index (χ2n) is 7.77. The zero-order valence-corrected chi connectivity index (χ0v) is 17.6. The zero-order valence-electron chi connectivity index (χ0n) is 17.6. The highest BCUT2D eigenvalue weighted by Gasteiger charge is 2.20. The number of aromatic nitrogens is 3. The molecule has 5 rings (SSSR count). The van der Waals surface area contributed by atoms with E-state index in [1.807, 2.05) is 64.2 Å². The van der Waals surface area contributed by atoms with Crippen LogP contribution in [0.3, 0.4) is 0 Å². The SMILES string of the molecule is O=C(c1ccc2c(CCO)cn(-c3ncc(-c4ccccc4)cn3)c2c1)N1CCOCC1. The summed E-state index contributed by atoms with van der Waals surface area (Å²) in [6, 6.07) is 15.7. The third-order valence-corrected chi connectivity index (χ3v) is 5.78. The number of aliphatic hydroxyl groups excluding tert-OH is 1. The van der Waals surface area contributed by atoms with Gasteiger partial charge in [-0.15, -0.1) is 0 Å². The van der Waals surface area contributed by atoms with Gasteiger partial charge in [-0.2, -0.15) is 0 Å². The topological polar surface area (TPSA) is 80.5 Å². The third kappa shape index (κ3) is 3.88. The van der Waals surface area contributed by atoms with Gasteiger partial charge in [-0.3, -0.25) is 9.36 Å². The molecule has 1 aliphatic rings. The molecule has 0 spiro atoms. The van der Waals surface area contributed by atoms with Crippen LogP contribution >= 0.6 is 0 Å². The minimum absolute atomic E-state index is 0.00741. The van der Waals surface area contributed by atoms with Gasteiger partial charge in [0.05, 0.1) is 18.7 Å². The predicted octanol–water partition coefficient (Wildman–Crippen LogP) is 3.09. The van der Waals surface area contributed by atoms with Gasteiger partial charge in [0.25, 0.3) is 5.91 Å². The number of nitrogens with zero attached hydrogens (tertiary/aromatic N) is 4. The van der Waals surface area contributed by atoms with Gasteiger partial charge in [0, 0.05) is 54.8 Å². The van der Waals surface area contributed by atoms with Crippen molar-refractivity contribution in [1.82, 2.24) is 19.4 Å². The smallest absolute Gasteiger partial charge is 0.254 e. The van der Waals surface area contributed by atoms with Gasteiger partial charge < -0.3 is 14.7 Å². The van der Waals surface area contributed by atoms with Crippen LogP contribution in [0.15, 0.2) is 67.1 Å². The maximum Gasteiger partial charge on any atom is 0.254 e. The number of amides is 1. The molecule has 162 valence electrons. The van der Waals surface area contributed by atoms with Gasteiger partial charge in [-0.05, 0) is 29.7 Å². The minimum Gasteiger partial charge on any atom is -0.396 e. The molecule has 1 aliphatic heterocycles. The predicted molar refractivity (Wildman–Crippen MR) is 122 cm³/mol. The first-order valence-electron chi connectivity index (χ1n) is 10.7. The van der Waals surface area contributed by atoms with Crippen LogP contribution in [0, 0.1) is 0 Å². The molecule has 1 fully saturated rings. The lowest BCUT2D eigenvalue weighted by Gasteiger charge is -2.26. The summed E-state index contributed by atoms with van der Waals surface area (Å²) in [5.41, 5.74) is 4.44. The summed E-state index contributed by atoms with van der Waals surface area (Å²) in [7, 11) is 0. The van der Waals surface area contributed by atoms with Gasteiger partial charge >= 0.3 is 0 Å². The van der Waals surface area contributed by atoms with Crippen molar-refractivity contribution in [1.29, 1.82) is 0 Å².